The first-order valence-corrected chi connectivity index (χ1v) is 11.3. The molecule has 0 fully saturated rings. The summed E-state index contributed by atoms with van der Waals surface area (Å²) in [4.78, 5) is 31.2. The van der Waals surface area contributed by atoms with Gasteiger partial charge in [-0.15, -0.1) is 11.3 Å². The fourth-order valence-electron chi connectivity index (χ4n) is 3.12. The van der Waals surface area contributed by atoms with Crippen LogP contribution in [0.25, 0.3) is 6.08 Å². The maximum Gasteiger partial charge on any atom is 0.255 e. The van der Waals surface area contributed by atoms with Gasteiger partial charge in [-0.05, 0) is 25.1 Å². The van der Waals surface area contributed by atoms with Gasteiger partial charge in [-0.25, -0.2) is 4.98 Å². The monoisotopic (exact) mass is 481 g/mol. The number of benzene rings is 2. The molecule has 0 bridgehead atoms. The molecular formula is C25H27N3O5S. The topological polar surface area (TPSA) is 90.0 Å². The molecule has 0 saturated heterocycles. The maximum atomic E-state index is 12.7. The van der Waals surface area contributed by atoms with Crippen molar-refractivity contribution in [2.45, 2.75) is 13.5 Å². The molecule has 34 heavy (non-hydrogen) atoms. The van der Waals surface area contributed by atoms with E-state index in [2.05, 4.69) is 10.3 Å². The third-order valence-corrected chi connectivity index (χ3v) is 5.62. The normalized spacial score (nSPS) is 10.7. The molecule has 2 aromatic carbocycles. The summed E-state index contributed by atoms with van der Waals surface area (Å²) in [6.07, 6.45) is 3.04. The van der Waals surface area contributed by atoms with Crippen LogP contribution in [0.15, 0.2) is 47.9 Å². The van der Waals surface area contributed by atoms with E-state index in [1.807, 2.05) is 36.6 Å². The number of amides is 2. The van der Waals surface area contributed by atoms with Gasteiger partial charge in [0.1, 0.15) is 12.4 Å². The van der Waals surface area contributed by atoms with Crippen molar-refractivity contribution in [3.05, 3.63) is 69.7 Å². The Morgan fingerprint density at radius 3 is 2.44 bits per heavy atom. The molecule has 1 heterocycles. The number of rotatable bonds is 9. The van der Waals surface area contributed by atoms with Crippen LogP contribution in [0.2, 0.25) is 0 Å². The Labute approximate surface area is 202 Å². The zero-order valence-corrected chi connectivity index (χ0v) is 20.6. The Morgan fingerprint density at radius 1 is 1.09 bits per heavy atom. The molecule has 8 nitrogen and oxygen atoms in total. The number of aromatic nitrogens is 1. The quantitative estimate of drug-likeness (QED) is 0.456. The first-order chi connectivity index (χ1) is 16.3. The summed E-state index contributed by atoms with van der Waals surface area (Å²) in [7, 11) is 6.24. The summed E-state index contributed by atoms with van der Waals surface area (Å²) in [5.74, 6) is 0.726. The highest BCUT2D eigenvalue weighted by Gasteiger charge is 2.19. The Bertz CT molecular complexity index is 1200. The highest BCUT2D eigenvalue weighted by Crippen LogP contribution is 2.34. The average molecular weight is 482 g/mol. The number of hydrogen-bond donors (Lipinski definition) is 1. The fourth-order valence-corrected chi connectivity index (χ4v) is 3.71. The van der Waals surface area contributed by atoms with E-state index in [4.69, 9.17) is 14.2 Å². The molecule has 3 rings (SSSR count). The van der Waals surface area contributed by atoms with Gasteiger partial charge in [-0.3, -0.25) is 9.59 Å². The number of para-hydroxylation sites is 1. The second-order valence-corrected chi connectivity index (χ2v) is 8.52. The summed E-state index contributed by atoms with van der Waals surface area (Å²) in [6.45, 7) is 2.28. The number of nitrogens with zero attached hydrogens (tertiary/aromatic N) is 2. The van der Waals surface area contributed by atoms with Crippen LogP contribution in [0.5, 0.6) is 17.2 Å². The Hall–Kier alpha value is -3.85. The number of ether oxygens (including phenoxy) is 3. The molecule has 0 atom stereocenters. The minimum absolute atomic E-state index is 0.281. The summed E-state index contributed by atoms with van der Waals surface area (Å²) >= 11 is 1.57. The number of thiazole rings is 1. The first kappa shape index (κ1) is 24.8. The van der Waals surface area contributed by atoms with Crippen molar-refractivity contribution in [2.24, 2.45) is 0 Å². The zero-order valence-electron chi connectivity index (χ0n) is 19.7. The molecule has 9 heteroatoms. The Balaban J connectivity index is 1.79. The van der Waals surface area contributed by atoms with Gasteiger partial charge < -0.3 is 24.4 Å². The molecule has 178 valence electrons. The molecule has 0 saturated carbocycles. The number of anilines is 1. The van der Waals surface area contributed by atoms with Crippen LogP contribution < -0.4 is 19.5 Å². The van der Waals surface area contributed by atoms with Crippen LogP contribution in [0.1, 0.15) is 26.6 Å². The predicted octanol–water partition coefficient (Wildman–Crippen LogP) is 4.40. The highest BCUT2D eigenvalue weighted by atomic mass is 32.1. The van der Waals surface area contributed by atoms with E-state index in [0.29, 0.717) is 29.5 Å². The third-order valence-electron chi connectivity index (χ3n) is 4.79. The Kier molecular flexibility index (Phi) is 8.26. The van der Waals surface area contributed by atoms with Gasteiger partial charge in [0.2, 0.25) is 5.91 Å². The van der Waals surface area contributed by atoms with E-state index in [-0.39, 0.29) is 11.5 Å². The summed E-state index contributed by atoms with van der Waals surface area (Å²) in [6, 6.07) is 10.5. The van der Waals surface area contributed by atoms with Crippen LogP contribution in [0.4, 0.5) is 5.69 Å². The standard InChI is InChI=1S/C25H27N3O5S/c1-16-26-18(15-34-16)14-33-21-9-7-6-8-17(21)10-11-24(29)27-20-13-23(32-5)22(31-4)12-19(20)25(30)28(2)3/h6-13,15H,14H2,1-5H3,(H,27,29)/b11-10+. The fraction of sp³-hybridized carbons (Fsp3) is 0.240. The number of hydrogen-bond acceptors (Lipinski definition) is 7. The second-order valence-electron chi connectivity index (χ2n) is 7.46. The van der Waals surface area contributed by atoms with Crippen LogP contribution >= 0.6 is 11.3 Å². The minimum Gasteiger partial charge on any atom is -0.493 e. The van der Waals surface area contributed by atoms with Gasteiger partial charge >= 0.3 is 0 Å². The van der Waals surface area contributed by atoms with Gasteiger partial charge in [0.05, 0.1) is 36.2 Å². The summed E-state index contributed by atoms with van der Waals surface area (Å²) < 4.78 is 16.5. The van der Waals surface area contributed by atoms with Gasteiger partial charge in [0.25, 0.3) is 5.91 Å². The van der Waals surface area contributed by atoms with E-state index in [1.165, 1.54) is 25.2 Å². The van der Waals surface area contributed by atoms with Gasteiger partial charge in [0.15, 0.2) is 11.5 Å². The summed E-state index contributed by atoms with van der Waals surface area (Å²) in [5.41, 5.74) is 2.19. The third kappa shape index (κ3) is 6.14. The van der Waals surface area contributed by atoms with Crippen LogP contribution in [-0.2, 0) is 11.4 Å². The molecule has 1 aromatic heterocycles. The van der Waals surface area contributed by atoms with Gasteiger partial charge in [0, 0.05) is 37.2 Å². The molecule has 0 spiro atoms. The Morgan fingerprint density at radius 2 is 1.79 bits per heavy atom. The predicted molar refractivity (Wildman–Crippen MR) is 133 cm³/mol. The van der Waals surface area contributed by atoms with E-state index in [0.717, 1.165) is 16.3 Å². The molecule has 0 aliphatic carbocycles. The maximum absolute atomic E-state index is 12.7. The second kappa shape index (κ2) is 11.3. The number of carbonyl (C=O) groups excluding carboxylic acids is 2. The van der Waals surface area contributed by atoms with E-state index >= 15 is 0 Å². The van der Waals surface area contributed by atoms with Crippen LogP contribution in [-0.4, -0.2) is 50.0 Å². The average Bonchev–Trinajstić information content (AvgIpc) is 3.26. The SMILES string of the molecule is COc1cc(NC(=O)/C=C/c2ccccc2OCc2csc(C)n2)c(C(=O)N(C)C)cc1OC. The number of aryl methyl sites for hydroxylation is 1. The molecule has 0 radical (unpaired) electrons. The molecule has 0 unspecified atom stereocenters. The van der Waals surface area contributed by atoms with Crippen LogP contribution in [0.3, 0.4) is 0 Å². The van der Waals surface area contributed by atoms with Crippen molar-refractivity contribution in [3.63, 3.8) is 0 Å². The molecular weight excluding hydrogens is 454 g/mol. The van der Waals surface area contributed by atoms with E-state index in [1.54, 1.807) is 43.6 Å². The van der Waals surface area contributed by atoms with Gasteiger partial charge in [-0.1, -0.05) is 18.2 Å². The lowest BCUT2D eigenvalue weighted by molar-refractivity contribution is -0.111. The lowest BCUT2D eigenvalue weighted by atomic mass is 10.1. The number of methoxy groups -OCH3 is 2. The molecule has 3 aromatic rings. The lowest BCUT2D eigenvalue weighted by Crippen LogP contribution is -2.24. The van der Waals surface area contributed by atoms with Crippen molar-refractivity contribution in [1.82, 2.24) is 9.88 Å². The van der Waals surface area contributed by atoms with Crippen molar-refractivity contribution < 1.29 is 23.8 Å². The van der Waals surface area contributed by atoms with E-state index < -0.39 is 5.91 Å². The zero-order chi connectivity index (χ0) is 24.7. The van der Waals surface area contributed by atoms with Crippen molar-refractivity contribution in [3.8, 4) is 17.2 Å². The minimum atomic E-state index is -0.412. The molecule has 1 N–H and O–H groups in total. The van der Waals surface area contributed by atoms with Crippen molar-refractivity contribution in [2.75, 3.05) is 33.6 Å². The molecule has 0 aliphatic rings. The molecule has 2 amide bonds. The highest BCUT2D eigenvalue weighted by molar-refractivity contribution is 7.09. The lowest BCUT2D eigenvalue weighted by Gasteiger charge is -2.17. The largest absolute Gasteiger partial charge is 0.493 e. The van der Waals surface area contributed by atoms with E-state index in [9.17, 15) is 9.59 Å². The number of carbonyl (C=O) groups is 2. The van der Waals surface area contributed by atoms with Crippen LogP contribution in [0, 0.1) is 6.92 Å². The van der Waals surface area contributed by atoms with Gasteiger partial charge in [-0.2, -0.15) is 0 Å². The summed E-state index contributed by atoms with van der Waals surface area (Å²) in [5, 5.41) is 5.70. The van der Waals surface area contributed by atoms with Crippen molar-refractivity contribution >= 4 is 34.9 Å². The first-order valence-electron chi connectivity index (χ1n) is 10.4. The van der Waals surface area contributed by atoms with Crippen molar-refractivity contribution in [1.29, 1.82) is 0 Å². The smallest absolute Gasteiger partial charge is 0.255 e. The molecule has 0 aliphatic heterocycles. The number of nitrogens with one attached hydrogen (secondary N) is 1.